The maximum absolute atomic E-state index is 12.3. The molecule has 0 spiro atoms. The van der Waals surface area contributed by atoms with E-state index in [2.05, 4.69) is 4.98 Å². The number of rotatable bonds is 2. The molecule has 1 amide bonds. The van der Waals surface area contributed by atoms with Crippen molar-refractivity contribution in [2.24, 2.45) is 0 Å². The molecule has 1 unspecified atom stereocenters. The van der Waals surface area contributed by atoms with Crippen molar-refractivity contribution in [2.45, 2.75) is 25.3 Å². The van der Waals surface area contributed by atoms with Gasteiger partial charge in [0.1, 0.15) is 11.8 Å². The highest BCUT2D eigenvalue weighted by atomic mass is 16.5. The quantitative estimate of drug-likeness (QED) is 0.805. The van der Waals surface area contributed by atoms with E-state index in [0.29, 0.717) is 13.0 Å². The fourth-order valence-corrected chi connectivity index (χ4v) is 2.25. The van der Waals surface area contributed by atoms with Gasteiger partial charge >= 0.3 is 5.97 Å². The fraction of sp³-hybridized carbons (Fsp3) is 0.462. The van der Waals surface area contributed by atoms with E-state index in [9.17, 15) is 14.7 Å². The number of pyridine rings is 1. The Kier molecular flexibility index (Phi) is 3.99. The number of esters is 1. The van der Waals surface area contributed by atoms with Crippen molar-refractivity contribution in [3.05, 3.63) is 24.0 Å². The van der Waals surface area contributed by atoms with Crippen LogP contribution < -0.4 is 0 Å². The van der Waals surface area contributed by atoms with Gasteiger partial charge in [0.15, 0.2) is 5.69 Å². The average Bonchev–Trinajstić information content (AvgIpc) is 2.46. The number of likely N-dealkylation sites (tertiary alicyclic amines) is 1. The Bertz CT molecular complexity index is 489. The van der Waals surface area contributed by atoms with Crippen LogP contribution in [0.2, 0.25) is 0 Å². The minimum Gasteiger partial charge on any atom is -0.505 e. The van der Waals surface area contributed by atoms with Crippen LogP contribution in [0, 0.1) is 0 Å². The molecule has 1 N–H and O–H groups in total. The molecule has 0 aromatic carbocycles. The lowest BCUT2D eigenvalue weighted by molar-refractivity contribution is -0.147. The average molecular weight is 264 g/mol. The van der Waals surface area contributed by atoms with Gasteiger partial charge in [-0.25, -0.2) is 9.78 Å². The molecule has 6 nitrogen and oxygen atoms in total. The summed E-state index contributed by atoms with van der Waals surface area (Å²) in [4.78, 5) is 29.4. The van der Waals surface area contributed by atoms with Crippen molar-refractivity contribution in [1.82, 2.24) is 9.88 Å². The van der Waals surface area contributed by atoms with Gasteiger partial charge in [-0.3, -0.25) is 4.79 Å². The van der Waals surface area contributed by atoms with Crippen LogP contribution in [0.4, 0.5) is 0 Å². The van der Waals surface area contributed by atoms with E-state index in [1.807, 2.05) is 0 Å². The van der Waals surface area contributed by atoms with Gasteiger partial charge in [0.25, 0.3) is 5.91 Å². The molecule has 1 aromatic rings. The number of ether oxygens (including phenoxy) is 1. The standard InChI is InChI=1S/C13H16N2O4/c1-19-13(18)9-5-2-3-8-15(9)12(17)11-10(16)6-4-7-14-11/h4,6-7,9,16H,2-3,5,8H2,1H3. The molecule has 0 radical (unpaired) electrons. The van der Waals surface area contributed by atoms with Crippen LogP contribution in [0.25, 0.3) is 0 Å². The Morgan fingerprint density at radius 3 is 2.95 bits per heavy atom. The zero-order valence-electron chi connectivity index (χ0n) is 10.7. The molecular formula is C13H16N2O4. The van der Waals surface area contributed by atoms with Gasteiger partial charge in [0, 0.05) is 12.7 Å². The molecule has 0 saturated carbocycles. The first-order chi connectivity index (χ1) is 9.15. The van der Waals surface area contributed by atoms with Gasteiger partial charge < -0.3 is 14.7 Å². The van der Waals surface area contributed by atoms with Gasteiger partial charge in [-0.05, 0) is 31.4 Å². The predicted molar refractivity (Wildman–Crippen MR) is 66.6 cm³/mol. The van der Waals surface area contributed by atoms with Crippen molar-refractivity contribution in [1.29, 1.82) is 0 Å². The maximum Gasteiger partial charge on any atom is 0.328 e. The lowest BCUT2D eigenvalue weighted by atomic mass is 10.0. The highest BCUT2D eigenvalue weighted by Crippen LogP contribution is 2.23. The van der Waals surface area contributed by atoms with Gasteiger partial charge in [0.2, 0.25) is 0 Å². The second-order valence-electron chi connectivity index (χ2n) is 4.40. The number of piperidine rings is 1. The van der Waals surface area contributed by atoms with Crippen LogP contribution in [-0.4, -0.2) is 46.6 Å². The number of carbonyl (C=O) groups is 2. The zero-order valence-corrected chi connectivity index (χ0v) is 10.7. The summed E-state index contributed by atoms with van der Waals surface area (Å²) in [5, 5.41) is 9.67. The fourth-order valence-electron chi connectivity index (χ4n) is 2.25. The number of hydrogen-bond donors (Lipinski definition) is 1. The highest BCUT2D eigenvalue weighted by Gasteiger charge is 2.34. The number of aromatic hydroxyl groups is 1. The van der Waals surface area contributed by atoms with E-state index in [4.69, 9.17) is 4.74 Å². The summed E-state index contributed by atoms with van der Waals surface area (Å²) < 4.78 is 4.72. The number of methoxy groups -OCH3 is 1. The van der Waals surface area contributed by atoms with Gasteiger partial charge in [-0.15, -0.1) is 0 Å². The molecule has 0 aliphatic carbocycles. The monoisotopic (exact) mass is 264 g/mol. The molecule has 6 heteroatoms. The van der Waals surface area contributed by atoms with E-state index < -0.39 is 17.9 Å². The summed E-state index contributed by atoms with van der Waals surface area (Å²) in [5.74, 6) is -1.04. The van der Waals surface area contributed by atoms with Crippen LogP contribution in [0.15, 0.2) is 18.3 Å². The molecule has 1 saturated heterocycles. The third-order valence-corrected chi connectivity index (χ3v) is 3.23. The minimum absolute atomic E-state index is 0.0293. The van der Waals surface area contributed by atoms with Gasteiger partial charge in [-0.1, -0.05) is 0 Å². The predicted octanol–water partition coefficient (Wildman–Crippen LogP) is 0.955. The molecular weight excluding hydrogens is 248 g/mol. The van der Waals surface area contributed by atoms with E-state index in [0.717, 1.165) is 12.8 Å². The summed E-state index contributed by atoms with van der Waals surface area (Å²) >= 11 is 0. The molecule has 1 aliphatic heterocycles. The Morgan fingerprint density at radius 1 is 1.47 bits per heavy atom. The first-order valence-electron chi connectivity index (χ1n) is 6.18. The first kappa shape index (κ1) is 13.3. The van der Waals surface area contributed by atoms with Crippen molar-refractivity contribution in [3.8, 4) is 5.75 Å². The first-order valence-corrected chi connectivity index (χ1v) is 6.18. The van der Waals surface area contributed by atoms with Crippen LogP contribution in [0.1, 0.15) is 29.8 Å². The Hall–Kier alpha value is -2.11. The topological polar surface area (TPSA) is 79.7 Å². The smallest absolute Gasteiger partial charge is 0.328 e. The number of nitrogens with zero attached hydrogens (tertiary/aromatic N) is 2. The van der Waals surface area contributed by atoms with Crippen LogP contribution in [-0.2, 0) is 9.53 Å². The van der Waals surface area contributed by atoms with Crippen molar-refractivity contribution in [3.63, 3.8) is 0 Å². The molecule has 102 valence electrons. The molecule has 1 aromatic heterocycles. The maximum atomic E-state index is 12.3. The Balaban J connectivity index is 2.25. The van der Waals surface area contributed by atoms with Crippen LogP contribution in [0.3, 0.4) is 0 Å². The second kappa shape index (κ2) is 5.69. The summed E-state index contributed by atoms with van der Waals surface area (Å²) in [5.41, 5.74) is -0.0293. The van der Waals surface area contributed by atoms with Crippen molar-refractivity contribution >= 4 is 11.9 Å². The summed E-state index contributed by atoms with van der Waals surface area (Å²) in [6, 6.07) is 2.35. The number of aromatic nitrogens is 1. The largest absolute Gasteiger partial charge is 0.505 e. The molecule has 1 atom stereocenters. The molecule has 2 rings (SSSR count). The normalized spacial score (nSPS) is 19.0. The third-order valence-electron chi connectivity index (χ3n) is 3.23. The van der Waals surface area contributed by atoms with Crippen molar-refractivity contribution in [2.75, 3.05) is 13.7 Å². The number of hydrogen-bond acceptors (Lipinski definition) is 5. The molecule has 19 heavy (non-hydrogen) atoms. The highest BCUT2D eigenvalue weighted by molar-refractivity contribution is 5.97. The Morgan fingerprint density at radius 2 is 2.26 bits per heavy atom. The van der Waals surface area contributed by atoms with Gasteiger partial charge in [-0.2, -0.15) is 0 Å². The van der Waals surface area contributed by atoms with Crippen LogP contribution >= 0.6 is 0 Å². The third kappa shape index (κ3) is 2.67. The minimum atomic E-state index is -0.590. The number of amides is 1. The molecule has 1 aliphatic rings. The van der Waals surface area contributed by atoms with E-state index in [1.165, 1.54) is 24.3 Å². The lowest BCUT2D eigenvalue weighted by Crippen LogP contribution is -2.48. The van der Waals surface area contributed by atoms with E-state index >= 15 is 0 Å². The van der Waals surface area contributed by atoms with Crippen molar-refractivity contribution < 1.29 is 19.4 Å². The van der Waals surface area contributed by atoms with Gasteiger partial charge in [0.05, 0.1) is 7.11 Å². The zero-order chi connectivity index (χ0) is 13.8. The molecule has 1 fully saturated rings. The van der Waals surface area contributed by atoms with E-state index in [1.54, 1.807) is 6.07 Å². The SMILES string of the molecule is COC(=O)C1CCCCN1C(=O)c1ncccc1O. The van der Waals surface area contributed by atoms with E-state index in [-0.39, 0.29) is 11.4 Å². The summed E-state index contributed by atoms with van der Waals surface area (Å²) in [6.07, 6.45) is 3.71. The molecule has 0 bridgehead atoms. The second-order valence-corrected chi connectivity index (χ2v) is 4.40. The number of carbonyl (C=O) groups excluding carboxylic acids is 2. The summed E-state index contributed by atoms with van der Waals surface area (Å²) in [6.45, 7) is 0.467. The van der Waals surface area contributed by atoms with Crippen LogP contribution in [0.5, 0.6) is 5.75 Å². The lowest BCUT2D eigenvalue weighted by Gasteiger charge is -2.33. The molecule has 2 heterocycles. The summed E-state index contributed by atoms with van der Waals surface area (Å²) in [7, 11) is 1.30. The Labute approximate surface area is 111 Å².